The van der Waals surface area contributed by atoms with Crippen LogP contribution in [0.4, 0.5) is 0 Å². The summed E-state index contributed by atoms with van der Waals surface area (Å²) in [6.07, 6.45) is 3.27. The Morgan fingerprint density at radius 3 is 2.76 bits per heavy atom. The molecule has 1 N–H and O–H groups in total. The Labute approximate surface area is 124 Å². The van der Waals surface area contributed by atoms with Gasteiger partial charge in [-0.15, -0.1) is 0 Å². The average Bonchev–Trinajstić information content (AvgIpc) is 2.45. The van der Waals surface area contributed by atoms with Gasteiger partial charge in [0, 0.05) is 18.2 Å². The van der Waals surface area contributed by atoms with Crippen molar-refractivity contribution in [2.45, 2.75) is 20.3 Å². The average molecular weight is 291 g/mol. The zero-order chi connectivity index (χ0) is 15.7. The van der Waals surface area contributed by atoms with Crippen LogP contribution in [0.5, 0.6) is 5.75 Å². The van der Waals surface area contributed by atoms with Crippen molar-refractivity contribution in [1.29, 1.82) is 0 Å². The van der Waals surface area contributed by atoms with Crippen LogP contribution in [-0.4, -0.2) is 32.1 Å². The standard InChI is InChI=1S/C16H21NO4/c1-4-21-16(19)9-10-17-15(18)8-6-13-11-12(2)5-7-14(13)20-3/h5-8,11H,4,9-10H2,1-3H3,(H,17,18). The van der Waals surface area contributed by atoms with Gasteiger partial charge in [0.15, 0.2) is 0 Å². The van der Waals surface area contributed by atoms with Crippen molar-refractivity contribution in [3.05, 3.63) is 35.4 Å². The van der Waals surface area contributed by atoms with E-state index in [1.165, 1.54) is 6.08 Å². The van der Waals surface area contributed by atoms with E-state index in [0.717, 1.165) is 11.1 Å². The Morgan fingerprint density at radius 2 is 2.10 bits per heavy atom. The Bertz CT molecular complexity index is 523. The van der Waals surface area contributed by atoms with Gasteiger partial charge < -0.3 is 14.8 Å². The van der Waals surface area contributed by atoms with E-state index in [2.05, 4.69) is 5.32 Å². The molecule has 0 aliphatic heterocycles. The van der Waals surface area contributed by atoms with Gasteiger partial charge in [-0.3, -0.25) is 9.59 Å². The van der Waals surface area contributed by atoms with Gasteiger partial charge in [0.05, 0.1) is 20.1 Å². The fraction of sp³-hybridized carbons (Fsp3) is 0.375. The van der Waals surface area contributed by atoms with E-state index >= 15 is 0 Å². The molecule has 0 aliphatic carbocycles. The van der Waals surface area contributed by atoms with Crippen molar-refractivity contribution in [2.75, 3.05) is 20.3 Å². The molecular weight excluding hydrogens is 270 g/mol. The number of aryl methyl sites for hydroxylation is 1. The molecule has 0 bridgehead atoms. The van der Waals surface area contributed by atoms with Crippen molar-refractivity contribution in [3.8, 4) is 5.75 Å². The lowest BCUT2D eigenvalue weighted by Gasteiger charge is -2.06. The molecule has 0 saturated heterocycles. The summed E-state index contributed by atoms with van der Waals surface area (Å²) in [7, 11) is 1.58. The number of amides is 1. The molecule has 5 nitrogen and oxygen atoms in total. The number of methoxy groups -OCH3 is 1. The van der Waals surface area contributed by atoms with E-state index < -0.39 is 0 Å². The second kappa shape index (κ2) is 8.79. The Balaban J connectivity index is 2.51. The zero-order valence-electron chi connectivity index (χ0n) is 12.6. The molecule has 1 amide bonds. The third kappa shape index (κ3) is 6.12. The molecule has 0 spiro atoms. The third-order valence-electron chi connectivity index (χ3n) is 2.73. The van der Waals surface area contributed by atoms with Gasteiger partial charge in [-0.25, -0.2) is 0 Å². The molecule has 0 aliphatic rings. The molecule has 0 radical (unpaired) electrons. The quantitative estimate of drug-likeness (QED) is 0.617. The number of carbonyl (C=O) groups is 2. The Morgan fingerprint density at radius 1 is 1.33 bits per heavy atom. The third-order valence-corrected chi connectivity index (χ3v) is 2.73. The summed E-state index contributed by atoms with van der Waals surface area (Å²) in [5, 5.41) is 2.63. The Hall–Kier alpha value is -2.30. The SMILES string of the molecule is CCOC(=O)CCNC(=O)C=Cc1cc(C)ccc1OC. The highest BCUT2D eigenvalue weighted by Crippen LogP contribution is 2.20. The maximum atomic E-state index is 11.6. The molecular formula is C16H21NO4. The zero-order valence-corrected chi connectivity index (χ0v) is 12.6. The van der Waals surface area contributed by atoms with Crippen LogP contribution < -0.4 is 10.1 Å². The first-order valence-electron chi connectivity index (χ1n) is 6.83. The summed E-state index contributed by atoms with van der Waals surface area (Å²) in [6, 6.07) is 5.73. The molecule has 5 heteroatoms. The fourth-order valence-electron chi connectivity index (χ4n) is 1.73. The van der Waals surface area contributed by atoms with Gasteiger partial charge in [-0.05, 0) is 32.1 Å². The first-order valence-corrected chi connectivity index (χ1v) is 6.83. The molecule has 0 fully saturated rings. The van der Waals surface area contributed by atoms with Crippen LogP contribution in [0.2, 0.25) is 0 Å². The van der Waals surface area contributed by atoms with Crippen molar-refractivity contribution in [1.82, 2.24) is 5.32 Å². The number of hydrogen-bond donors (Lipinski definition) is 1. The van der Waals surface area contributed by atoms with Gasteiger partial charge in [-0.1, -0.05) is 11.6 Å². The predicted molar refractivity (Wildman–Crippen MR) is 81.0 cm³/mol. The molecule has 114 valence electrons. The van der Waals surface area contributed by atoms with Crippen molar-refractivity contribution >= 4 is 18.0 Å². The lowest BCUT2D eigenvalue weighted by molar-refractivity contribution is -0.142. The highest BCUT2D eigenvalue weighted by Gasteiger charge is 2.03. The van der Waals surface area contributed by atoms with E-state index in [9.17, 15) is 9.59 Å². The highest BCUT2D eigenvalue weighted by atomic mass is 16.5. The van der Waals surface area contributed by atoms with Gasteiger partial charge in [0.1, 0.15) is 5.75 Å². The van der Waals surface area contributed by atoms with Crippen LogP contribution in [0.15, 0.2) is 24.3 Å². The summed E-state index contributed by atoms with van der Waals surface area (Å²) in [6.45, 7) is 4.32. The normalized spacial score (nSPS) is 10.4. The monoisotopic (exact) mass is 291 g/mol. The minimum Gasteiger partial charge on any atom is -0.496 e. The minimum atomic E-state index is -0.317. The van der Waals surface area contributed by atoms with Gasteiger partial charge in [0.25, 0.3) is 0 Å². The summed E-state index contributed by atoms with van der Waals surface area (Å²) < 4.78 is 10.00. The second-order valence-corrected chi connectivity index (χ2v) is 4.42. The van der Waals surface area contributed by atoms with Crippen LogP contribution in [-0.2, 0) is 14.3 Å². The van der Waals surface area contributed by atoms with E-state index in [-0.39, 0.29) is 24.8 Å². The van der Waals surface area contributed by atoms with Crippen LogP contribution in [0.1, 0.15) is 24.5 Å². The van der Waals surface area contributed by atoms with E-state index in [1.54, 1.807) is 20.1 Å². The van der Waals surface area contributed by atoms with E-state index in [1.807, 2.05) is 25.1 Å². The largest absolute Gasteiger partial charge is 0.496 e. The molecule has 0 heterocycles. The number of hydrogen-bond acceptors (Lipinski definition) is 4. The molecule has 0 atom stereocenters. The summed E-state index contributed by atoms with van der Waals surface area (Å²) in [4.78, 5) is 22.8. The van der Waals surface area contributed by atoms with Crippen LogP contribution >= 0.6 is 0 Å². The van der Waals surface area contributed by atoms with Crippen molar-refractivity contribution in [2.24, 2.45) is 0 Å². The molecule has 1 rings (SSSR count). The number of ether oxygens (including phenoxy) is 2. The number of carbonyl (C=O) groups excluding carboxylic acids is 2. The Kier molecular flexibility index (Phi) is 7.01. The van der Waals surface area contributed by atoms with E-state index in [4.69, 9.17) is 9.47 Å². The van der Waals surface area contributed by atoms with Crippen LogP contribution in [0.3, 0.4) is 0 Å². The van der Waals surface area contributed by atoms with Gasteiger partial charge >= 0.3 is 5.97 Å². The lowest BCUT2D eigenvalue weighted by atomic mass is 10.1. The molecule has 1 aromatic carbocycles. The summed E-state index contributed by atoms with van der Waals surface area (Å²) in [5.41, 5.74) is 1.91. The van der Waals surface area contributed by atoms with Gasteiger partial charge in [0.2, 0.25) is 5.91 Å². The summed E-state index contributed by atoms with van der Waals surface area (Å²) in [5.74, 6) is 0.126. The van der Waals surface area contributed by atoms with Crippen molar-refractivity contribution in [3.63, 3.8) is 0 Å². The maximum Gasteiger partial charge on any atom is 0.307 e. The number of nitrogens with one attached hydrogen (secondary N) is 1. The molecule has 0 unspecified atom stereocenters. The molecule has 21 heavy (non-hydrogen) atoms. The predicted octanol–water partition coefficient (Wildman–Crippen LogP) is 2.09. The topological polar surface area (TPSA) is 64.6 Å². The second-order valence-electron chi connectivity index (χ2n) is 4.42. The fourth-order valence-corrected chi connectivity index (χ4v) is 1.73. The summed E-state index contributed by atoms with van der Waals surface area (Å²) >= 11 is 0. The first kappa shape index (κ1) is 16.8. The lowest BCUT2D eigenvalue weighted by Crippen LogP contribution is -2.24. The minimum absolute atomic E-state index is 0.168. The number of rotatable bonds is 7. The highest BCUT2D eigenvalue weighted by molar-refractivity contribution is 5.92. The van der Waals surface area contributed by atoms with Crippen LogP contribution in [0.25, 0.3) is 6.08 Å². The smallest absolute Gasteiger partial charge is 0.307 e. The first-order chi connectivity index (χ1) is 10.1. The molecule has 1 aromatic rings. The maximum absolute atomic E-state index is 11.6. The number of benzene rings is 1. The number of esters is 1. The molecule has 0 aromatic heterocycles. The molecule has 0 saturated carbocycles. The van der Waals surface area contributed by atoms with Crippen LogP contribution in [0, 0.1) is 6.92 Å². The van der Waals surface area contributed by atoms with Crippen molar-refractivity contribution < 1.29 is 19.1 Å². The van der Waals surface area contributed by atoms with E-state index in [0.29, 0.717) is 12.4 Å². The van der Waals surface area contributed by atoms with Gasteiger partial charge in [-0.2, -0.15) is 0 Å².